The highest BCUT2D eigenvalue weighted by Gasteiger charge is 2.48. The SMILES string of the molecule is CCOc1ccc(/C(O)=C2\C(=O)C(=O)N(c3nc4c(C)cc(C)cc4s3)C2c2ccc(O)c(OCC)c2)cc1. The Hall–Kier alpha value is -4.37. The van der Waals surface area contributed by atoms with Crippen LogP contribution in [0.25, 0.3) is 16.0 Å². The molecule has 1 amide bonds. The van der Waals surface area contributed by atoms with E-state index in [2.05, 4.69) is 0 Å². The molecule has 200 valence electrons. The molecule has 2 N–H and O–H groups in total. The van der Waals surface area contributed by atoms with E-state index in [4.69, 9.17) is 14.5 Å². The number of hydrogen-bond donors (Lipinski definition) is 2. The number of aryl methyl sites for hydroxylation is 2. The third-order valence-electron chi connectivity index (χ3n) is 6.51. The molecule has 5 rings (SSSR count). The van der Waals surface area contributed by atoms with Gasteiger partial charge in [-0.25, -0.2) is 4.98 Å². The molecule has 0 bridgehead atoms. The zero-order valence-electron chi connectivity index (χ0n) is 22.0. The van der Waals surface area contributed by atoms with Gasteiger partial charge in [0.1, 0.15) is 11.5 Å². The van der Waals surface area contributed by atoms with Gasteiger partial charge in [0.25, 0.3) is 5.78 Å². The number of ether oxygens (including phenoxy) is 2. The summed E-state index contributed by atoms with van der Waals surface area (Å²) in [6, 6.07) is 14.3. The number of phenolic OH excluding ortho intramolecular Hbond substituents is 1. The number of rotatable bonds is 7. The molecule has 3 aromatic carbocycles. The zero-order chi connectivity index (χ0) is 27.8. The van der Waals surface area contributed by atoms with Crippen LogP contribution in [-0.2, 0) is 9.59 Å². The Morgan fingerprint density at radius 3 is 2.41 bits per heavy atom. The van der Waals surface area contributed by atoms with Gasteiger partial charge in [0.05, 0.1) is 35.0 Å². The smallest absolute Gasteiger partial charge is 0.301 e. The lowest BCUT2D eigenvalue weighted by atomic mass is 9.95. The summed E-state index contributed by atoms with van der Waals surface area (Å²) < 4.78 is 12.0. The molecule has 1 atom stereocenters. The number of ketones is 1. The number of thiazole rings is 1. The number of benzene rings is 3. The van der Waals surface area contributed by atoms with Crippen molar-refractivity contribution in [1.82, 2.24) is 4.98 Å². The standard InChI is InChI=1S/C30H28N2O6S/c1-5-37-20-10-7-18(8-11-20)27(34)24-26(19-9-12-21(33)22(15-19)38-6-2)32(29(36)28(24)35)30-31-25-17(4)13-16(3)14-23(25)39-30/h7-15,26,33-34H,5-6H2,1-4H3/b27-24+. The number of phenols is 1. The van der Waals surface area contributed by atoms with Gasteiger partial charge in [-0.05, 0) is 86.8 Å². The molecule has 9 heteroatoms. The summed E-state index contributed by atoms with van der Waals surface area (Å²) in [6.45, 7) is 8.38. The number of hydrogen-bond acceptors (Lipinski definition) is 8. The molecular formula is C30H28N2O6S. The van der Waals surface area contributed by atoms with Gasteiger partial charge in [0.2, 0.25) is 0 Å². The molecule has 1 aliphatic rings. The van der Waals surface area contributed by atoms with E-state index in [0.717, 1.165) is 21.3 Å². The summed E-state index contributed by atoms with van der Waals surface area (Å²) in [6.07, 6.45) is 0. The average molecular weight is 545 g/mol. The lowest BCUT2D eigenvalue weighted by Gasteiger charge is -2.23. The summed E-state index contributed by atoms with van der Waals surface area (Å²) in [5.74, 6) is -1.20. The van der Waals surface area contributed by atoms with Gasteiger partial charge in [-0.15, -0.1) is 0 Å². The Bertz CT molecular complexity index is 1620. The van der Waals surface area contributed by atoms with Crippen LogP contribution in [0.4, 0.5) is 5.13 Å². The fourth-order valence-electron chi connectivity index (χ4n) is 4.81. The number of amides is 1. The highest BCUT2D eigenvalue weighted by Crippen LogP contribution is 2.46. The normalized spacial score (nSPS) is 16.7. The van der Waals surface area contributed by atoms with E-state index in [1.165, 1.54) is 22.3 Å². The van der Waals surface area contributed by atoms with Gasteiger partial charge in [-0.2, -0.15) is 0 Å². The van der Waals surface area contributed by atoms with Crippen molar-refractivity contribution in [2.45, 2.75) is 33.7 Å². The molecule has 1 aromatic heterocycles. The van der Waals surface area contributed by atoms with Crippen molar-refractivity contribution >= 4 is 44.1 Å². The maximum atomic E-state index is 13.6. The molecule has 2 heterocycles. The van der Waals surface area contributed by atoms with Gasteiger partial charge in [0.15, 0.2) is 16.6 Å². The third-order valence-corrected chi connectivity index (χ3v) is 7.51. The molecule has 1 aliphatic heterocycles. The molecule has 4 aromatic rings. The maximum Gasteiger partial charge on any atom is 0.301 e. The molecule has 1 saturated heterocycles. The van der Waals surface area contributed by atoms with Crippen LogP contribution < -0.4 is 14.4 Å². The first-order valence-electron chi connectivity index (χ1n) is 12.6. The Morgan fingerprint density at radius 2 is 1.72 bits per heavy atom. The quantitative estimate of drug-likeness (QED) is 0.166. The second-order valence-electron chi connectivity index (χ2n) is 9.21. The van der Waals surface area contributed by atoms with E-state index >= 15 is 0 Å². The molecule has 1 fully saturated rings. The number of nitrogens with zero attached hydrogens (tertiary/aromatic N) is 2. The van der Waals surface area contributed by atoms with Gasteiger partial charge >= 0.3 is 5.91 Å². The summed E-state index contributed by atoms with van der Waals surface area (Å²) in [5, 5.41) is 22.1. The fourth-order valence-corrected chi connectivity index (χ4v) is 5.98. The van der Waals surface area contributed by atoms with Crippen molar-refractivity contribution in [1.29, 1.82) is 0 Å². The first-order chi connectivity index (χ1) is 18.7. The molecule has 1 unspecified atom stereocenters. The molecule has 39 heavy (non-hydrogen) atoms. The number of aliphatic hydroxyl groups is 1. The van der Waals surface area contributed by atoms with Crippen molar-refractivity contribution in [3.8, 4) is 17.2 Å². The average Bonchev–Trinajstić information content (AvgIpc) is 3.44. The van der Waals surface area contributed by atoms with Gasteiger partial charge < -0.3 is 19.7 Å². The van der Waals surface area contributed by atoms with Crippen LogP contribution in [0, 0.1) is 13.8 Å². The number of aliphatic hydroxyl groups excluding tert-OH is 1. The lowest BCUT2D eigenvalue weighted by Crippen LogP contribution is -2.29. The van der Waals surface area contributed by atoms with Gasteiger partial charge in [-0.1, -0.05) is 23.5 Å². The molecule has 0 saturated carbocycles. The van der Waals surface area contributed by atoms with Crippen LogP contribution in [0.5, 0.6) is 17.2 Å². The third kappa shape index (κ3) is 4.70. The maximum absolute atomic E-state index is 13.6. The van der Waals surface area contributed by atoms with Gasteiger partial charge in [-0.3, -0.25) is 14.5 Å². The summed E-state index contributed by atoms with van der Waals surface area (Å²) in [4.78, 5) is 33.2. The minimum Gasteiger partial charge on any atom is -0.507 e. The number of anilines is 1. The van der Waals surface area contributed by atoms with Crippen molar-refractivity contribution in [3.63, 3.8) is 0 Å². The molecule has 0 aliphatic carbocycles. The monoisotopic (exact) mass is 544 g/mol. The Morgan fingerprint density at radius 1 is 1.00 bits per heavy atom. The molecular weight excluding hydrogens is 516 g/mol. The lowest BCUT2D eigenvalue weighted by molar-refractivity contribution is -0.132. The second kappa shape index (κ2) is 10.4. The molecule has 0 spiro atoms. The van der Waals surface area contributed by atoms with E-state index in [9.17, 15) is 19.8 Å². The number of carbonyl (C=O) groups is 2. The molecule has 8 nitrogen and oxygen atoms in total. The predicted molar refractivity (Wildman–Crippen MR) is 151 cm³/mol. The number of Topliss-reactive ketones (excluding diaryl/α,β-unsaturated/α-hetero) is 1. The first kappa shape index (κ1) is 26.2. The van der Waals surface area contributed by atoms with E-state index < -0.39 is 17.7 Å². The minimum absolute atomic E-state index is 0.0739. The van der Waals surface area contributed by atoms with Crippen molar-refractivity contribution in [2.75, 3.05) is 18.1 Å². The van der Waals surface area contributed by atoms with Crippen LogP contribution in [0.3, 0.4) is 0 Å². The van der Waals surface area contributed by atoms with Crippen LogP contribution in [-0.4, -0.2) is 40.1 Å². The van der Waals surface area contributed by atoms with Crippen LogP contribution >= 0.6 is 11.3 Å². The Labute approximate surface area is 229 Å². The highest BCUT2D eigenvalue weighted by atomic mass is 32.1. The topological polar surface area (TPSA) is 109 Å². The fraction of sp³-hybridized carbons (Fsp3) is 0.233. The number of carbonyl (C=O) groups excluding carboxylic acids is 2. The van der Waals surface area contributed by atoms with Gasteiger partial charge in [0, 0.05) is 5.56 Å². The van der Waals surface area contributed by atoms with Crippen LogP contribution in [0.2, 0.25) is 0 Å². The van der Waals surface area contributed by atoms with Crippen LogP contribution in [0.15, 0.2) is 60.2 Å². The Balaban J connectivity index is 1.72. The van der Waals surface area contributed by atoms with Crippen molar-refractivity contribution in [2.24, 2.45) is 0 Å². The minimum atomic E-state index is -1.00. The van der Waals surface area contributed by atoms with Crippen molar-refractivity contribution in [3.05, 3.63) is 82.4 Å². The van der Waals surface area contributed by atoms with E-state index in [1.807, 2.05) is 32.9 Å². The predicted octanol–water partition coefficient (Wildman–Crippen LogP) is 6.04. The number of aromatic nitrogens is 1. The second-order valence-corrected chi connectivity index (χ2v) is 10.2. The van der Waals surface area contributed by atoms with E-state index in [1.54, 1.807) is 43.3 Å². The van der Waals surface area contributed by atoms with Crippen LogP contribution in [0.1, 0.15) is 42.1 Å². The van der Waals surface area contributed by atoms with E-state index in [0.29, 0.717) is 35.2 Å². The van der Waals surface area contributed by atoms with Crippen molar-refractivity contribution < 1.29 is 29.3 Å². The summed E-state index contributed by atoms with van der Waals surface area (Å²) in [7, 11) is 0. The van der Waals surface area contributed by atoms with E-state index in [-0.39, 0.29) is 22.8 Å². The largest absolute Gasteiger partial charge is 0.507 e. The zero-order valence-corrected chi connectivity index (χ0v) is 22.8. The first-order valence-corrected chi connectivity index (χ1v) is 13.4. The number of fused-ring (bicyclic) bond motifs is 1. The highest BCUT2D eigenvalue weighted by molar-refractivity contribution is 7.22. The number of aromatic hydroxyl groups is 1. The summed E-state index contributed by atoms with van der Waals surface area (Å²) >= 11 is 1.30. The molecule has 0 radical (unpaired) electrons. The summed E-state index contributed by atoms with van der Waals surface area (Å²) in [5.41, 5.74) is 3.52. The Kier molecular flexibility index (Phi) is 7.01.